The number of halogens is 1. The van der Waals surface area contributed by atoms with E-state index in [-0.39, 0.29) is 5.88 Å². The lowest BCUT2D eigenvalue weighted by molar-refractivity contribution is -0.0848. The van der Waals surface area contributed by atoms with Crippen molar-refractivity contribution in [3.05, 3.63) is 59.2 Å². The molecular formula is C20H20ClN3O4. The summed E-state index contributed by atoms with van der Waals surface area (Å²) in [7, 11) is 0. The zero-order valence-corrected chi connectivity index (χ0v) is 15.7. The average molecular weight is 402 g/mol. The lowest BCUT2D eigenvalue weighted by Gasteiger charge is -2.25. The van der Waals surface area contributed by atoms with Gasteiger partial charge in [0.15, 0.2) is 6.23 Å². The van der Waals surface area contributed by atoms with Crippen LogP contribution in [0.1, 0.15) is 34.7 Å². The summed E-state index contributed by atoms with van der Waals surface area (Å²) >= 11 is 5.93. The fourth-order valence-electron chi connectivity index (χ4n) is 4.10. The van der Waals surface area contributed by atoms with Gasteiger partial charge in [0.1, 0.15) is 36.4 Å². The average Bonchev–Trinajstić information content (AvgIpc) is 3.24. The van der Waals surface area contributed by atoms with Crippen molar-refractivity contribution in [3.8, 4) is 0 Å². The second-order valence-electron chi connectivity index (χ2n) is 7.36. The van der Waals surface area contributed by atoms with E-state index in [0.717, 1.165) is 18.2 Å². The zero-order valence-electron chi connectivity index (χ0n) is 14.9. The van der Waals surface area contributed by atoms with Gasteiger partial charge in [0, 0.05) is 11.6 Å². The number of alkyl halides is 1. The molecule has 8 heteroatoms. The van der Waals surface area contributed by atoms with Crippen LogP contribution in [-0.2, 0) is 23.5 Å². The Morgan fingerprint density at radius 1 is 1.14 bits per heavy atom. The van der Waals surface area contributed by atoms with Gasteiger partial charge in [-0.3, -0.25) is 0 Å². The van der Waals surface area contributed by atoms with E-state index >= 15 is 0 Å². The standard InChI is InChI=1S/C20H20ClN3O4/c21-8-14-13-5-6-24(19(13)23-9-22-14)20-17(27)16(26)18(28-20)15(25)12-4-2-10-1-3-11(10)7-12/h2,4-7,9,15-18,20,25-27H,1,3,8H2. The van der Waals surface area contributed by atoms with Crippen molar-refractivity contribution >= 4 is 22.6 Å². The highest BCUT2D eigenvalue weighted by molar-refractivity contribution is 6.17. The molecule has 1 aliphatic carbocycles. The molecular weight excluding hydrogens is 382 g/mol. The number of aliphatic hydroxyl groups is 3. The molecule has 5 rings (SSSR count). The number of benzene rings is 1. The number of hydrogen-bond acceptors (Lipinski definition) is 6. The van der Waals surface area contributed by atoms with Gasteiger partial charge in [0.2, 0.25) is 0 Å². The van der Waals surface area contributed by atoms with E-state index in [9.17, 15) is 15.3 Å². The number of hydrogen-bond donors (Lipinski definition) is 3. The molecule has 28 heavy (non-hydrogen) atoms. The highest BCUT2D eigenvalue weighted by atomic mass is 35.5. The van der Waals surface area contributed by atoms with Crippen molar-refractivity contribution in [2.45, 2.75) is 49.4 Å². The molecule has 1 aromatic carbocycles. The quantitative estimate of drug-likeness (QED) is 0.574. The first-order chi connectivity index (χ1) is 13.6. The minimum atomic E-state index is -1.24. The van der Waals surface area contributed by atoms with Crippen molar-refractivity contribution in [2.24, 2.45) is 0 Å². The lowest BCUT2D eigenvalue weighted by Crippen LogP contribution is -2.35. The Morgan fingerprint density at radius 2 is 1.96 bits per heavy atom. The van der Waals surface area contributed by atoms with E-state index in [0.29, 0.717) is 16.9 Å². The maximum absolute atomic E-state index is 10.8. The molecule has 1 aliphatic heterocycles. The van der Waals surface area contributed by atoms with Crippen LogP contribution in [0.25, 0.3) is 11.0 Å². The zero-order chi connectivity index (χ0) is 19.4. The molecule has 1 fully saturated rings. The van der Waals surface area contributed by atoms with Crippen LogP contribution in [0, 0.1) is 0 Å². The van der Waals surface area contributed by atoms with E-state index < -0.39 is 30.6 Å². The third-order valence-electron chi connectivity index (χ3n) is 5.81. The fourth-order valence-corrected chi connectivity index (χ4v) is 4.31. The number of fused-ring (bicyclic) bond motifs is 2. The van der Waals surface area contributed by atoms with E-state index in [1.807, 2.05) is 18.2 Å². The van der Waals surface area contributed by atoms with Gasteiger partial charge < -0.3 is 24.6 Å². The second kappa shape index (κ2) is 6.79. The summed E-state index contributed by atoms with van der Waals surface area (Å²) in [6.45, 7) is 0. The Hall–Kier alpha value is -2.03. The smallest absolute Gasteiger partial charge is 0.164 e. The molecule has 1 saturated heterocycles. The van der Waals surface area contributed by atoms with Crippen LogP contribution < -0.4 is 0 Å². The van der Waals surface area contributed by atoms with Gasteiger partial charge >= 0.3 is 0 Å². The Kier molecular flexibility index (Phi) is 4.37. The van der Waals surface area contributed by atoms with E-state index in [4.69, 9.17) is 16.3 Å². The fraction of sp³-hybridized carbons (Fsp3) is 0.400. The van der Waals surface area contributed by atoms with Crippen LogP contribution in [0.4, 0.5) is 0 Å². The van der Waals surface area contributed by atoms with Gasteiger partial charge in [-0.15, -0.1) is 11.6 Å². The van der Waals surface area contributed by atoms with Crippen LogP contribution >= 0.6 is 11.6 Å². The summed E-state index contributed by atoms with van der Waals surface area (Å²) in [4.78, 5) is 8.42. The topological polar surface area (TPSA) is 101 Å². The summed E-state index contributed by atoms with van der Waals surface area (Å²) in [5.41, 5.74) is 4.41. The van der Waals surface area contributed by atoms with Crippen LogP contribution in [0.15, 0.2) is 36.8 Å². The number of aliphatic hydroxyl groups excluding tert-OH is 3. The number of ether oxygens (including phenoxy) is 1. The van der Waals surface area contributed by atoms with Crippen LogP contribution in [0.2, 0.25) is 0 Å². The van der Waals surface area contributed by atoms with E-state index in [1.54, 1.807) is 16.8 Å². The normalized spacial score (nSPS) is 27.6. The highest BCUT2D eigenvalue weighted by Crippen LogP contribution is 2.38. The number of nitrogens with zero attached hydrogens (tertiary/aromatic N) is 3. The Labute approximate surface area is 166 Å². The molecule has 5 unspecified atom stereocenters. The SMILES string of the molecule is OC(c1ccc2c(c1)CC2)C1OC(n2ccc3c(CCl)ncnc32)C(O)C1O. The summed E-state index contributed by atoms with van der Waals surface area (Å²) < 4.78 is 7.58. The van der Waals surface area contributed by atoms with Crippen LogP contribution in [0.3, 0.4) is 0 Å². The summed E-state index contributed by atoms with van der Waals surface area (Å²) in [5.74, 6) is 0.236. The summed E-state index contributed by atoms with van der Waals surface area (Å²) in [6, 6.07) is 7.60. The Balaban J connectivity index is 1.46. The maximum atomic E-state index is 10.8. The first-order valence-electron chi connectivity index (χ1n) is 9.26. The van der Waals surface area contributed by atoms with Gasteiger partial charge in [-0.1, -0.05) is 18.2 Å². The van der Waals surface area contributed by atoms with E-state index in [2.05, 4.69) is 9.97 Å². The molecule has 0 spiro atoms. The van der Waals surface area contributed by atoms with Crippen LogP contribution in [0.5, 0.6) is 0 Å². The number of aryl methyl sites for hydroxylation is 2. The molecule has 0 bridgehead atoms. The summed E-state index contributed by atoms with van der Waals surface area (Å²) in [6.07, 6.45) is -0.154. The largest absolute Gasteiger partial charge is 0.387 e. The molecule has 146 valence electrons. The Bertz CT molecular complexity index is 1040. The molecule has 5 atom stereocenters. The molecule has 2 aromatic heterocycles. The lowest BCUT2D eigenvalue weighted by atomic mass is 9.85. The molecule has 0 saturated carbocycles. The monoisotopic (exact) mass is 401 g/mol. The molecule has 2 aliphatic rings. The highest BCUT2D eigenvalue weighted by Gasteiger charge is 2.47. The molecule has 3 heterocycles. The first-order valence-corrected chi connectivity index (χ1v) is 9.79. The number of aromatic nitrogens is 3. The van der Waals surface area contributed by atoms with Crippen LogP contribution in [-0.4, -0.2) is 48.2 Å². The first kappa shape index (κ1) is 18.0. The minimum absolute atomic E-state index is 0.236. The van der Waals surface area contributed by atoms with Gasteiger partial charge in [0.05, 0.1) is 11.6 Å². The van der Waals surface area contributed by atoms with Crippen molar-refractivity contribution < 1.29 is 20.1 Å². The predicted octanol–water partition coefficient (Wildman–Crippen LogP) is 1.62. The number of rotatable bonds is 4. The molecule has 0 radical (unpaired) electrons. The van der Waals surface area contributed by atoms with Gasteiger partial charge in [0.25, 0.3) is 0 Å². The summed E-state index contributed by atoms with van der Waals surface area (Å²) in [5, 5.41) is 32.8. The van der Waals surface area contributed by atoms with Crippen molar-refractivity contribution in [3.63, 3.8) is 0 Å². The van der Waals surface area contributed by atoms with Crippen molar-refractivity contribution in [1.82, 2.24) is 14.5 Å². The molecule has 3 N–H and O–H groups in total. The van der Waals surface area contributed by atoms with Gasteiger partial charge in [-0.25, -0.2) is 9.97 Å². The van der Waals surface area contributed by atoms with Gasteiger partial charge in [-0.05, 0) is 35.6 Å². The maximum Gasteiger partial charge on any atom is 0.164 e. The predicted molar refractivity (Wildman–Crippen MR) is 102 cm³/mol. The minimum Gasteiger partial charge on any atom is -0.387 e. The third-order valence-corrected chi connectivity index (χ3v) is 6.07. The molecule has 3 aromatic rings. The Morgan fingerprint density at radius 3 is 2.68 bits per heavy atom. The molecule has 0 amide bonds. The van der Waals surface area contributed by atoms with Crippen molar-refractivity contribution in [1.29, 1.82) is 0 Å². The second-order valence-corrected chi connectivity index (χ2v) is 7.63. The van der Waals surface area contributed by atoms with E-state index in [1.165, 1.54) is 17.5 Å². The van der Waals surface area contributed by atoms with Crippen molar-refractivity contribution in [2.75, 3.05) is 0 Å². The van der Waals surface area contributed by atoms with Gasteiger partial charge in [-0.2, -0.15) is 0 Å². The third kappa shape index (κ3) is 2.66. The molecule has 7 nitrogen and oxygen atoms in total.